The van der Waals surface area contributed by atoms with E-state index in [2.05, 4.69) is 10.3 Å². The van der Waals surface area contributed by atoms with Crippen LogP contribution < -0.4 is 5.32 Å². The van der Waals surface area contributed by atoms with Gasteiger partial charge in [0.2, 0.25) is 5.91 Å². The molecule has 0 aromatic heterocycles. The number of aliphatic imine (C=N–C) groups is 1. The summed E-state index contributed by atoms with van der Waals surface area (Å²) < 4.78 is 64.8. The average Bonchev–Trinajstić information content (AvgIpc) is 3.34. The van der Waals surface area contributed by atoms with Crippen molar-refractivity contribution in [2.24, 2.45) is 10.9 Å². The van der Waals surface area contributed by atoms with Gasteiger partial charge in [-0.15, -0.1) is 0 Å². The van der Waals surface area contributed by atoms with Gasteiger partial charge in [0.15, 0.2) is 9.84 Å². The smallest absolute Gasteiger partial charge is 0.367 e. The van der Waals surface area contributed by atoms with Crippen molar-refractivity contribution >= 4 is 21.6 Å². The van der Waals surface area contributed by atoms with Crippen LogP contribution in [0.3, 0.4) is 0 Å². The number of alkyl halides is 3. The summed E-state index contributed by atoms with van der Waals surface area (Å²) in [4.78, 5) is 18.9. The standard InChI is InChI=1S/C25H28F3N3O3S/c1-24(2,35(33,34)20-10-6-9-19(15-20)25(26,27)28)18-11-13-31(14-12-18)23(32)21-16-29-22(30-21)17-7-4-3-5-8-17/h3-10,15,18,21H,11-14,16H2,1-2H3,(H,29,30). The van der Waals surface area contributed by atoms with Gasteiger partial charge in [-0.25, -0.2) is 8.42 Å². The van der Waals surface area contributed by atoms with E-state index in [1.807, 2.05) is 30.3 Å². The molecule has 1 N–H and O–H groups in total. The van der Waals surface area contributed by atoms with Crippen LogP contribution in [-0.4, -0.2) is 55.5 Å². The molecule has 0 aliphatic carbocycles. The number of benzene rings is 2. The van der Waals surface area contributed by atoms with Gasteiger partial charge in [-0.2, -0.15) is 13.2 Å². The van der Waals surface area contributed by atoms with Crippen molar-refractivity contribution < 1.29 is 26.4 Å². The molecule has 1 amide bonds. The molecule has 1 saturated heterocycles. The van der Waals surface area contributed by atoms with Crippen molar-refractivity contribution in [1.82, 2.24) is 10.2 Å². The molecule has 2 heterocycles. The highest BCUT2D eigenvalue weighted by atomic mass is 32.2. The molecular weight excluding hydrogens is 479 g/mol. The van der Waals surface area contributed by atoms with Crippen LogP contribution in [0.4, 0.5) is 13.2 Å². The number of amidine groups is 1. The molecule has 10 heteroatoms. The number of carbonyl (C=O) groups is 1. The molecule has 2 aromatic carbocycles. The largest absolute Gasteiger partial charge is 0.416 e. The van der Waals surface area contributed by atoms with Gasteiger partial charge in [0.05, 0.1) is 15.2 Å². The molecule has 4 rings (SSSR count). The maximum atomic E-state index is 13.4. The molecule has 1 unspecified atom stereocenters. The summed E-state index contributed by atoms with van der Waals surface area (Å²) in [5.74, 6) is 0.253. The molecular formula is C25H28F3N3O3S. The lowest BCUT2D eigenvalue weighted by molar-refractivity contribution is -0.137. The lowest BCUT2D eigenvalue weighted by Gasteiger charge is -2.40. The molecule has 2 aliphatic heterocycles. The average molecular weight is 508 g/mol. The fourth-order valence-electron chi connectivity index (χ4n) is 4.72. The van der Waals surface area contributed by atoms with E-state index >= 15 is 0 Å². The Morgan fingerprint density at radius 3 is 2.31 bits per heavy atom. The summed E-state index contributed by atoms with van der Waals surface area (Å²) in [6.07, 6.45) is -3.75. The third-order valence-electron chi connectivity index (χ3n) is 7.03. The van der Waals surface area contributed by atoms with Gasteiger partial charge in [-0.1, -0.05) is 36.4 Å². The number of amides is 1. The number of carbonyl (C=O) groups excluding carboxylic acids is 1. The SMILES string of the molecule is CC(C)(C1CCN(C(=O)C2CNC(c3ccccc3)=N2)CC1)S(=O)(=O)c1cccc(C(F)(F)F)c1. The fraction of sp³-hybridized carbons (Fsp3) is 0.440. The summed E-state index contributed by atoms with van der Waals surface area (Å²) in [5, 5.41) is 3.17. The Kier molecular flexibility index (Phi) is 6.70. The van der Waals surface area contributed by atoms with Gasteiger partial charge in [0.1, 0.15) is 11.9 Å². The number of nitrogens with zero attached hydrogens (tertiary/aromatic N) is 2. The van der Waals surface area contributed by atoms with Crippen molar-refractivity contribution in [3.63, 3.8) is 0 Å². The monoisotopic (exact) mass is 507 g/mol. The third-order valence-corrected chi connectivity index (χ3v) is 9.63. The number of sulfone groups is 1. The Morgan fingerprint density at radius 2 is 1.69 bits per heavy atom. The Morgan fingerprint density at radius 1 is 1.03 bits per heavy atom. The van der Waals surface area contributed by atoms with Crippen molar-refractivity contribution in [3.8, 4) is 0 Å². The van der Waals surface area contributed by atoms with E-state index in [4.69, 9.17) is 0 Å². The van der Waals surface area contributed by atoms with Crippen LogP contribution in [0.15, 0.2) is 64.5 Å². The van der Waals surface area contributed by atoms with Crippen LogP contribution in [0.1, 0.15) is 37.8 Å². The molecule has 0 radical (unpaired) electrons. The van der Waals surface area contributed by atoms with Gasteiger partial charge < -0.3 is 10.2 Å². The minimum Gasteiger partial charge on any atom is -0.367 e. The maximum absolute atomic E-state index is 13.4. The maximum Gasteiger partial charge on any atom is 0.416 e. The molecule has 1 atom stereocenters. The first-order valence-electron chi connectivity index (χ1n) is 11.5. The fourth-order valence-corrected chi connectivity index (χ4v) is 6.55. The minimum atomic E-state index is -4.63. The second kappa shape index (κ2) is 9.29. The van der Waals surface area contributed by atoms with Crippen molar-refractivity contribution in [1.29, 1.82) is 0 Å². The number of halogens is 3. The Balaban J connectivity index is 1.43. The van der Waals surface area contributed by atoms with Crippen LogP contribution in [0.25, 0.3) is 0 Å². The highest BCUT2D eigenvalue weighted by Gasteiger charge is 2.45. The number of rotatable bonds is 5. The second-order valence-corrected chi connectivity index (χ2v) is 12.0. The van der Waals surface area contributed by atoms with E-state index in [-0.39, 0.29) is 16.7 Å². The van der Waals surface area contributed by atoms with E-state index in [0.717, 1.165) is 17.7 Å². The Bertz CT molecular complexity index is 1220. The number of piperidine rings is 1. The predicted molar refractivity (Wildman–Crippen MR) is 127 cm³/mol. The summed E-state index contributed by atoms with van der Waals surface area (Å²) in [6.45, 7) is 4.26. The van der Waals surface area contributed by atoms with Crippen LogP contribution >= 0.6 is 0 Å². The van der Waals surface area contributed by atoms with Crippen molar-refractivity contribution in [2.75, 3.05) is 19.6 Å². The van der Waals surface area contributed by atoms with E-state index < -0.39 is 32.4 Å². The molecule has 6 nitrogen and oxygen atoms in total. The molecule has 0 bridgehead atoms. The summed E-state index contributed by atoms with van der Waals surface area (Å²) in [7, 11) is -4.05. The highest BCUT2D eigenvalue weighted by Crippen LogP contribution is 2.39. The first-order valence-corrected chi connectivity index (χ1v) is 13.0. The van der Waals surface area contributed by atoms with E-state index in [1.165, 1.54) is 6.07 Å². The minimum absolute atomic E-state index is 0.111. The third kappa shape index (κ3) is 4.94. The van der Waals surface area contributed by atoms with E-state index in [1.54, 1.807) is 18.7 Å². The van der Waals surface area contributed by atoms with Crippen LogP contribution in [0.2, 0.25) is 0 Å². The lowest BCUT2D eigenvalue weighted by atomic mass is 9.85. The quantitative estimate of drug-likeness (QED) is 0.666. The molecule has 1 fully saturated rings. The van der Waals surface area contributed by atoms with Crippen molar-refractivity contribution in [2.45, 2.75) is 48.5 Å². The molecule has 35 heavy (non-hydrogen) atoms. The normalized spacial score (nSPS) is 19.9. The zero-order chi connectivity index (χ0) is 25.4. The summed E-state index contributed by atoms with van der Waals surface area (Å²) in [5.41, 5.74) is -0.0848. The molecule has 0 saturated carbocycles. The van der Waals surface area contributed by atoms with Gasteiger partial charge in [0.25, 0.3) is 0 Å². The zero-order valence-electron chi connectivity index (χ0n) is 19.5. The number of hydrogen-bond donors (Lipinski definition) is 1. The lowest BCUT2D eigenvalue weighted by Crippen LogP contribution is -2.49. The van der Waals surface area contributed by atoms with E-state index in [0.29, 0.717) is 44.4 Å². The zero-order valence-corrected chi connectivity index (χ0v) is 20.4. The summed E-state index contributed by atoms with van der Waals surface area (Å²) >= 11 is 0. The van der Waals surface area contributed by atoms with Crippen molar-refractivity contribution in [3.05, 3.63) is 65.7 Å². The number of hydrogen-bond acceptors (Lipinski definition) is 5. The molecule has 188 valence electrons. The van der Waals surface area contributed by atoms with Crippen LogP contribution in [-0.2, 0) is 20.8 Å². The molecule has 0 spiro atoms. The molecule has 2 aliphatic rings. The number of nitrogens with one attached hydrogen (secondary N) is 1. The second-order valence-electron chi connectivity index (χ2n) is 9.47. The Hall–Kier alpha value is -2.88. The first kappa shape index (κ1) is 25.2. The predicted octanol–water partition coefficient (Wildman–Crippen LogP) is 3.91. The van der Waals surface area contributed by atoms with Crippen LogP contribution in [0, 0.1) is 5.92 Å². The van der Waals surface area contributed by atoms with Crippen LogP contribution in [0.5, 0.6) is 0 Å². The Labute approximate surface area is 203 Å². The first-order chi connectivity index (χ1) is 16.4. The van der Waals surface area contributed by atoms with Gasteiger partial charge in [0, 0.05) is 25.2 Å². The molecule has 2 aromatic rings. The highest BCUT2D eigenvalue weighted by molar-refractivity contribution is 7.92. The van der Waals surface area contributed by atoms with Gasteiger partial charge in [-0.05, 0) is 50.8 Å². The summed E-state index contributed by atoms with van der Waals surface area (Å²) in [6, 6.07) is 12.9. The van der Waals surface area contributed by atoms with Gasteiger partial charge in [-0.3, -0.25) is 9.79 Å². The van der Waals surface area contributed by atoms with Gasteiger partial charge >= 0.3 is 6.18 Å². The van der Waals surface area contributed by atoms with E-state index in [9.17, 15) is 26.4 Å². The number of likely N-dealkylation sites (tertiary alicyclic amines) is 1. The topological polar surface area (TPSA) is 78.8 Å².